The van der Waals surface area contributed by atoms with Crippen LogP contribution in [0.15, 0.2) is 54.6 Å². The van der Waals surface area contributed by atoms with E-state index in [0.717, 1.165) is 17.0 Å². The monoisotopic (exact) mass is 423 g/mol. The average molecular weight is 423 g/mol. The lowest BCUT2D eigenvalue weighted by Gasteiger charge is -2.24. The number of ether oxygens (including phenoxy) is 3. The number of hydrogen-bond donors (Lipinski definition) is 0. The molecule has 1 atom stereocenters. The van der Waals surface area contributed by atoms with Crippen LogP contribution in [0.1, 0.15) is 27.3 Å². The molecule has 0 saturated carbocycles. The summed E-state index contributed by atoms with van der Waals surface area (Å²) >= 11 is 0. The molecule has 2 heterocycles. The van der Waals surface area contributed by atoms with Gasteiger partial charge in [-0.3, -0.25) is 4.79 Å². The smallest absolute Gasteiger partial charge is 0.351 e. The molecule has 6 nitrogen and oxygen atoms in total. The molecule has 7 heteroatoms. The third-order valence-electron chi connectivity index (χ3n) is 5.25. The zero-order chi connectivity index (χ0) is 22.0. The summed E-state index contributed by atoms with van der Waals surface area (Å²) in [6.07, 6.45) is -0.923. The molecular weight excluding hydrogens is 401 g/mol. The minimum Gasteiger partial charge on any atom is -0.485 e. The Balaban J connectivity index is 1.39. The van der Waals surface area contributed by atoms with E-state index in [1.807, 2.05) is 24.5 Å². The van der Waals surface area contributed by atoms with Crippen LogP contribution in [0.25, 0.3) is 0 Å². The van der Waals surface area contributed by atoms with Gasteiger partial charge in [-0.25, -0.2) is 9.18 Å². The molecule has 4 rings (SSSR count). The molecule has 0 fully saturated rings. The Hall–Kier alpha value is -3.61. The van der Waals surface area contributed by atoms with Crippen LogP contribution in [0.4, 0.5) is 4.39 Å². The SMILES string of the molecule is Cc1cc(C(=O)COC(=O)C2COc3ccccc3O2)c(C)n1Cc1ccc(F)cc1. The molecule has 0 radical (unpaired) electrons. The van der Waals surface area contributed by atoms with E-state index in [1.54, 1.807) is 36.4 Å². The first-order valence-corrected chi connectivity index (χ1v) is 9.92. The number of carbonyl (C=O) groups is 2. The Kier molecular flexibility index (Phi) is 5.75. The van der Waals surface area contributed by atoms with Crippen molar-refractivity contribution in [3.05, 3.63) is 82.9 Å². The summed E-state index contributed by atoms with van der Waals surface area (Å²) < 4.78 is 31.4. The molecule has 0 aliphatic carbocycles. The fraction of sp³-hybridized carbons (Fsp3) is 0.250. The van der Waals surface area contributed by atoms with Crippen molar-refractivity contribution in [3.8, 4) is 11.5 Å². The van der Waals surface area contributed by atoms with E-state index in [9.17, 15) is 14.0 Å². The number of fused-ring (bicyclic) bond motifs is 1. The molecule has 0 N–H and O–H groups in total. The third-order valence-corrected chi connectivity index (χ3v) is 5.25. The van der Waals surface area contributed by atoms with Gasteiger partial charge in [0.25, 0.3) is 0 Å². The number of aryl methyl sites for hydroxylation is 1. The molecule has 1 aliphatic heterocycles. The van der Waals surface area contributed by atoms with Gasteiger partial charge < -0.3 is 18.8 Å². The molecule has 1 aromatic heterocycles. The molecule has 31 heavy (non-hydrogen) atoms. The zero-order valence-corrected chi connectivity index (χ0v) is 17.3. The predicted molar refractivity (Wildman–Crippen MR) is 111 cm³/mol. The number of hydrogen-bond acceptors (Lipinski definition) is 5. The van der Waals surface area contributed by atoms with Crippen LogP contribution in [-0.4, -0.2) is 35.6 Å². The summed E-state index contributed by atoms with van der Waals surface area (Å²) in [5, 5.41) is 0. The van der Waals surface area contributed by atoms with Crippen LogP contribution >= 0.6 is 0 Å². The molecule has 3 aromatic rings. The first kappa shape index (κ1) is 20.7. The van der Waals surface area contributed by atoms with Gasteiger partial charge in [0.2, 0.25) is 11.9 Å². The molecule has 0 spiro atoms. The molecule has 2 aromatic carbocycles. The van der Waals surface area contributed by atoms with E-state index in [1.165, 1.54) is 12.1 Å². The quantitative estimate of drug-likeness (QED) is 0.445. The average Bonchev–Trinajstić information content (AvgIpc) is 3.06. The third kappa shape index (κ3) is 4.45. The summed E-state index contributed by atoms with van der Waals surface area (Å²) in [4.78, 5) is 25.1. The van der Waals surface area contributed by atoms with Gasteiger partial charge in [0.05, 0.1) is 0 Å². The molecule has 0 saturated heterocycles. The highest BCUT2D eigenvalue weighted by Crippen LogP contribution is 2.31. The van der Waals surface area contributed by atoms with Crippen LogP contribution in [0, 0.1) is 19.7 Å². The maximum atomic E-state index is 13.1. The van der Waals surface area contributed by atoms with Crippen LogP contribution in [0.5, 0.6) is 11.5 Å². The first-order valence-electron chi connectivity index (χ1n) is 9.92. The lowest BCUT2D eigenvalue weighted by atomic mass is 10.1. The number of carbonyl (C=O) groups excluding carboxylic acids is 2. The highest BCUT2D eigenvalue weighted by atomic mass is 19.1. The number of rotatable bonds is 6. The van der Waals surface area contributed by atoms with Crippen LogP contribution < -0.4 is 9.47 Å². The highest BCUT2D eigenvalue weighted by molar-refractivity contribution is 5.99. The minimum atomic E-state index is -0.923. The molecule has 1 aliphatic rings. The number of Topliss-reactive ketones (excluding diaryl/α,β-unsaturated/α-hetero) is 1. The zero-order valence-electron chi connectivity index (χ0n) is 17.3. The first-order chi connectivity index (χ1) is 14.9. The number of benzene rings is 2. The largest absolute Gasteiger partial charge is 0.485 e. The Morgan fingerprint density at radius 2 is 1.81 bits per heavy atom. The molecule has 160 valence electrons. The Morgan fingerprint density at radius 3 is 2.55 bits per heavy atom. The van der Waals surface area contributed by atoms with Crippen LogP contribution in [-0.2, 0) is 16.1 Å². The normalized spacial score (nSPS) is 14.9. The van der Waals surface area contributed by atoms with Gasteiger partial charge in [0.1, 0.15) is 12.4 Å². The second-order valence-electron chi connectivity index (χ2n) is 7.39. The highest BCUT2D eigenvalue weighted by Gasteiger charge is 2.29. The van der Waals surface area contributed by atoms with Crippen molar-refractivity contribution in [2.24, 2.45) is 0 Å². The van der Waals surface area contributed by atoms with Gasteiger partial charge >= 0.3 is 5.97 Å². The number of nitrogens with zero attached hydrogens (tertiary/aromatic N) is 1. The van der Waals surface area contributed by atoms with Crippen molar-refractivity contribution in [2.75, 3.05) is 13.2 Å². The summed E-state index contributed by atoms with van der Waals surface area (Å²) in [6.45, 7) is 3.87. The van der Waals surface area contributed by atoms with E-state index in [0.29, 0.717) is 23.6 Å². The van der Waals surface area contributed by atoms with Crippen molar-refractivity contribution in [1.29, 1.82) is 0 Å². The molecule has 0 amide bonds. The summed E-state index contributed by atoms with van der Waals surface area (Å²) in [7, 11) is 0. The van der Waals surface area contributed by atoms with Crippen molar-refractivity contribution in [3.63, 3.8) is 0 Å². The Bertz CT molecular complexity index is 1120. The Labute approximate surface area is 179 Å². The van der Waals surface area contributed by atoms with E-state index in [2.05, 4.69) is 0 Å². The van der Waals surface area contributed by atoms with Crippen LogP contribution in [0.2, 0.25) is 0 Å². The lowest BCUT2D eigenvalue weighted by Crippen LogP contribution is -2.38. The van der Waals surface area contributed by atoms with Gasteiger partial charge in [-0.2, -0.15) is 0 Å². The lowest BCUT2D eigenvalue weighted by molar-refractivity contribution is -0.153. The standard InChI is InChI=1S/C24H22FNO5/c1-15-11-19(16(2)26(15)12-17-7-9-18(25)10-8-17)20(27)13-30-24(28)23-14-29-21-5-3-4-6-22(21)31-23/h3-11,23H,12-14H2,1-2H3. The van der Waals surface area contributed by atoms with Crippen LogP contribution in [0.3, 0.4) is 0 Å². The van der Waals surface area contributed by atoms with Crippen molar-refractivity contribution < 1.29 is 28.2 Å². The van der Waals surface area contributed by atoms with E-state index in [4.69, 9.17) is 14.2 Å². The van der Waals surface area contributed by atoms with Crippen molar-refractivity contribution in [1.82, 2.24) is 4.57 Å². The maximum absolute atomic E-state index is 13.1. The second kappa shape index (κ2) is 8.63. The van der Waals surface area contributed by atoms with Gasteiger partial charge in [-0.1, -0.05) is 24.3 Å². The van der Waals surface area contributed by atoms with Gasteiger partial charge in [0.15, 0.2) is 18.1 Å². The summed E-state index contributed by atoms with van der Waals surface area (Å²) in [5.41, 5.74) is 3.05. The van der Waals surface area contributed by atoms with Gasteiger partial charge in [-0.05, 0) is 49.7 Å². The Morgan fingerprint density at radius 1 is 1.10 bits per heavy atom. The number of halogens is 1. The molecule has 0 bridgehead atoms. The number of ketones is 1. The maximum Gasteiger partial charge on any atom is 0.351 e. The second-order valence-corrected chi connectivity index (χ2v) is 7.39. The van der Waals surface area contributed by atoms with Crippen molar-refractivity contribution in [2.45, 2.75) is 26.5 Å². The van der Waals surface area contributed by atoms with E-state index >= 15 is 0 Å². The number of aromatic nitrogens is 1. The van der Waals surface area contributed by atoms with E-state index in [-0.39, 0.29) is 24.8 Å². The fourth-order valence-electron chi connectivity index (χ4n) is 3.54. The van der Waals surface area contributed by atoms with Gasteiger partial charge in [0, 0.05) is 23.5 Å². The van der Waals surface area contributed by atoms with Gasteiger partial charge in [-0.15, -0.1) is 0 Å². The number of esters is 1. The molecule has 1 unspecified atom stereocenters. The fourth-order valence-corrected chi connectivity index (χ4v) is 3.54. The predicted octanol–water partition coefficient (Wildman–Crippen LogP) is 3.86. The summed E-state index contributed by atoms with van der Waals surface area (Å²) in [6, 6.07) is 15.1. The number of para-hydroxylation sites is 2. The minimum absolute atomic E-state index is 0.0240. The van der Waals surface area contributed by atoms with Crippen molar-refractivity contribution >= 4 is 11.8 Å². The van der Waals surface area contributed by atoms with E-state index < -0.39 is 12.1 Å². The topological polar surface area (TPSA) is 66.8 Å². The summed E-state index contributed by atoms with van der Waals surface area (Å²) in [5.74, 6) is -0.215. The molecular formula is C24H22FNO5.